The summed E-state index contributed by atoms with van der Waals surface area (Å²) in [5.74, 6) is -0.0505. The molecule has 0 bridgehead atoms. The maximum absolute atomic E-state index is 12.5. The third kappa shape index (κ3) is 67.2. The fourth-order valence-electron chi connectivity index (χ4n) is 11.7. The summed E-state index contributed by atoms with van der Waals surface area (Å²) in [7, 11) is 0. The van der Waals surface area contributed by atoms with E-state index in [0.29, 0.717) is 19.4 Å². The number of ether oxygens (including phenoxy) is 1. The van der Waals surface area contributed by atoms with Crippen LogP contribution in [0.15, 0.2) is 36.5 Å². The maximum Gasteiger partial charge on any atom is 0.305 e. The Morgan fingerprint density at radius 3 is 0.939 bits per heavy atom. The van der Waals surface area contributed by atoms with E-state index >= 15 is 0 Å². The average Bonchev–Trinajstić information content (AvgIpc) is 3.48. The van der Waals surface area contributed by atoms with Gasteiger partial charge in [0, 0.05) is 12.8 Å². The molecule has 0 heterocycles. The SMILES string of the molecule is CCCCCC/C=C\C/C=C\CCCCCCCCCC(=O)OCCCCCCCCCCCCCCCCCCCCCCCCCCCCCC(=O)NC(CO)C(O)/C=C/CCCCCCCCCCCCCCCCCCCC. The lowest BCUT2D eigenvalue weighted by atomic mass is 10.0. The predicted molar refractivity (Wildman–Crippen MR) is 361 cm³/mol. The summed E-state index contributed by atoms with van der Waals surface area (Å²) in [6, 6.07) is -0.627. The Labute approximate surface area is 513 Å². The van der Waals surface area contributed by atoms with Crippen LogP contribution in [-0.4, -0.2) is 47.4 Å². The summed E-state index contributed by atoms with van der Waals surface area (Å²) >= 11 is 0. The van der Waals surface area contributed by atoms with Crippen LogP contribution in [0.1, 0.15) is 412 Å². The van der Waals surface area contributed by atoms with Gasteiger partial charge in [-0.3, -0.25) is 9.59 Å². The highest BCUT2D eigenvalue weighted by atomic mass is 16.5. The Bertz CT molecular complexity index is 1330. The van der Waals surface area contributed by atoms with Gasteiger partial charge in [-0.05, 0) is 64.2 Å². The van der Waals surface area contributed by atoms with E-state index in [1.807, 2.05) is 6.08 Å². The van der Waals surface area contributed by atoms with Gasteiger partial charge in [0.05, 0.1) is 25.4 Å². The highest BCUT2D eigenvalue weighted by molar-refractivity contribution is 5.76. The van der Waals surface area contributed by atoms with Crippen LogP contribution in [0.2, 0.25) is 0 Å². The standard InChI is InChI=1S/C76H145NO5/c1-3-5-7-9-11-13-15-17-19-21-23-33-36-40-44-48-52-56-60-64-68-74(79)73(72-78)77-75(80)69-65-61-57-53-49-45-41-37-34-31-29-27-25-24-26-28-30-32-35-39-43-47-51-55-59-63-67-71-82-76(81)70-66-62-58-54-50-46-42-38-22-20-18-16-14-12-10-8-6-4-2/h14,16,20,22,64,68,73-74,78-79H,3-13,15,17-19,21,23-63,65-67,69-72H2,1-2H3,(H,77,80)/b16-14-,22-20-,68-64+. The van der Waals surface area contributed by atoms with E-state index in [1.54, 1.807) is 6.08 Å². The molecule has 6 nitrogen and oxygen atoms in total. The van der Waals surface area contributed by atoms with E-state index in [1.165, 1.54) is 334 Å². The summed E-state index contributed by atoms with van der Waals surface area (Å²) in [5.41, 5.74) is 0. The number of nitrogens with one attached hydrogen (secondary N) is 1. The van der Waals surface area contributed by atoms with Crippen molar-refractivity contribution < 1.29 is 24.5 Å². The van der Waals surface area contributed by atoms with Crippen molar-refractivity contribution in [3.05, 3.63) is 36.5 Å². The monoisotopic (exact) mass is 1150 g/mol. The third-order valence-corrected chi connectivity index (χ3v) is 17.4. The third-order valence-electron chi connectivity index (χ3n) is 17.4. The van der Waals surface area contributed by atoms with Crippen LogP contribution < -0.4 is 5.32 Å². The number of carbonyl (C=O) groups is 2. The van der Waals surface area contributed by atoms with Crippen LogP contribution >= 0.6 is 0 Å². The van der Waals surface area contributed by atoms with Gasteiger partial charge in [-0.2, -0.15) is 0 Å². The first kappa shape index (κ1) is 80.1. The van der Waals surface area contributed by atoms with Gasteiger partial charge in [-0.15, -0.1) is 0 Å². The molecule has 6 heteroatoms. The summed E-state index contributed by atoms with van der Waals surface area (Å²) in [5, 5.41) is 23.3. The molecule has 0 spiro atoms. The first-order valence-electron chi connectivity index (χ1n) is 37.3. The molecule has 2 atom stereocenters. The number of rotatable bonds is 70. The maximum atomic E-state index is 12.5. The molecule has 0 aromatic heterocycles. The molecule has 0 saturated carbocycles. The zero-order chi connectivity index (χ0) is 59.2. The molecule has 0 aliphatic rings. The van der Waals surface area contributed by atoms with E-state index in [-0.39, 0.29) is 18.5 Å². The molecule has 0 aromatic rings. The van der Waals surface area contributed by atoms with Gasteiger partial charge in [0.1, 0.15) is 0 Å². The summed E-state index contributed by atoms with van der Waals surface area (Å²) < 4.78 is 5.51. The molecule has 2 unspecified atom stereocenters. The minimum atomic E-state index is -0.844. The first-order valence-corrected chi connectivity index (χ1v) is 37.3. The van der Waals surface area contributed by atoms with E-state index in [9.17, 15) is 19.8 Å². The zero-order valence-electron chi connectivity index (χ0n) is 55.5. The molecule has 484 valence electrons. The lowest BCUT2D eigenvalue weighted by Crippen LogP contribution is -2.45. The Morgan fingerprint density at radius 2 is 0.610 bits per heavy atom. The highest BCUT2D eigenvalue weighted by Crippen LogP contribution is 2.19. The molecule has 0 fully saturated rings. The minimum Gasteiger partial charge on any atom is -0.466 e. The quantitative estimate of drug-likeness (QED) is 0.0320. The van der Waals surface area contributed by atoms with Crippen molar-refractivity contribution in [1.29, 1.82) is 0 Å². The molecule has 1 amide bonds. The van der Waals surface area contributed by atoms with Gasteiger partial charge in [0.2, 0.25) is 5.91 Å². The second kappa shape index (κ2) is 71.6. The predicted octanol–water partition coefficient (Wildman–Crippen LogP) is 24.3. The minimum absolute atomic E-state index is 0.0110. The van der Waals surface area contributed by atoms with Crippen LogP contribution in [0, 0.1) is 0 Å². The zero-order valence-corrected chi connectivity index (χ0v) is 55.5. The molecule has 0 aromatic carbocycles. The molecule has 0 aliphatic heterocycles. The molecule has 0 radical (unpaired) electrons. The van der Waals surface area contributed by atoms with Crippen molar-refractivity contribution in [1.82, 2.24) is 5.32 Å². The molecule has 0 aliphatic carbocycles. The Kier molecular flexibility index (Phi) is 69.9. The number of hydrogen-bond donors (Lipinski definition) is 3. The van der Waals surface area contributed by atoms with Gasteiger partial charge >= 0.3 is 5.97 Å². The molecular weight excluding hydrogens is 1010 g/mol. The van der Waals surface area contributed by atoms with Crippen LogP contribution in [0.5, 0.6) is 0 Å². The number of aliphatic hydroxyl groups excluding tert-OH is 2. The van der Waals surface area contributed by atoms with Crippen LogP contribution in [-0.2, 0) is 14.3 Å². The van der Waals surface area contributed by atoms with E-state index in [2.05, 4.69) is 43.5 Å². The number of unbranched alkanes of at least 4 members (excludes halogenated alkanes) is 55. The lowest BCUT2D eigenvalue weighted by molar-refractivity contribution is -0.143. The first-order chi connectivity index (χ1) is 40.5. The number of amides is 1. The van der Waals surface area contributed by atoms with Crippen molar-refractivity contribution in [3.8, 4) is 0 Å². The van der Waals surface area contributed by atoms with Crippen molar-refractivity contribution in [2.45, 2.75) is 424 Å². The lowest BCUT2D eigenvalue weighted by Gasteiger charge is -2.20. The number of aliphatic hydroxyl groups is 2. The summed E-state index contributed by atoms with van der Waals surface area (Å²) in [6.45, 7) is 4.93. The smallest absolute Gasteiger partial charge is 0.305 e. The molecule has 82 heavy (non-hydrogen) atoms. The number of allylic oxidation sites excluding steroid dienone is 5. The van der Waals surface area contributed by atoms with Crippen molar-refractivity contribution >= 4 is 11.9 Å². The molecule has 0 rings (SSSR count). The summed E-state index contributed by atoms with van der Waals surface area (Å²) in [6.07, 6.45) is 92.4. The number of esters is 1. The van der Waals surface area contributed by atoms with E-state index in [0.717, 1.165) is 51.4 Å². The Morgan fingerprint density at radius 1 is 0.341 bits per heavy atom. The van der Waals surface area contributed by atoms with Crippen molar-refractivity contribution in [2.24, 2.45) is 0 Å². The largest absolute Gasteiger partial charge is 0.466 e. The Hall–Kier alpha value is -1.92. The van der Waals surface area contributed by atoms with Crippen LogP contribution in [0.3, 0.4) is 0 Å². The topological polar surface area (TPSA) is 95.9 Å². The second-order valence-electron chi connectivity index (χ2n) is 25.6. The van der Waals surface area contributed by atoms with Gasteiger partial charge in [-0.1, -0.05) is 371 Å². The molecule has 0 saturated heterocycles. The Balaban J connectivity index is 3.37. The molecular formula is C76H145NO5. The van der Waals surface area contributed by atoms with Crippen LogP contribution in [0.25, 0.3) is 0 Å². The number of hydrogen-bond acceptors (Lipinski definition) is 5. The fourth-order valence-corrected chi connectivity index (χ4v) is 11.7. The normalized spacial score (nSPS) is 12.7. The van der Waals surface area contributed by atoms with Crippen LogP contribution in [0.4, 0.5) is 0 Å². The van der Waals surface area contributed by atoms with E-state index in [4.69, 9.17) is 4.74 Å². The summed E-state index contributed by atoms with van der Waals surface area (Å²) in [4.78, 5) is 24.6. The van der Waals surface area contributed by atoms with E-state index < -0.39 is 12.1 Å². The highest BCUT2D eigenvalue weighted by Gasteiger charge is 2.18. The average molecular weight is 1150 g/mol. The van der Waals surface area contributed by atoms with Crippen molar-refractivity contribution in [3.63, 3.8) is 0 Å². The molecule has 3 N–H and O–H groups in total. The van der Waals surface area contributed by atoms with Gasteiger partial charge in [0.25, 0.3) is 0 Å². The number of carbonyl (C=O) groups excluding carboxylic acids is 2. The fraction of sp³-hybridized carbons (Fsp3) is 0.895. The van der Waals surface area contributed by atoms with Crippen molar-refractivity contribution in [2.75, 3.05) is 13.2 Å². The van der Waals surface area contributed by atoms with Gasteiger partial charge < -0.3 is 20.3 Å². The van der Waals surface area contributed by atoms with Gasteiger partial charge in [-0.25, -0.2) is 0 Å². The van der Waals surface area contributed by atoms with Gasteiger partial charge in [0.15, 0.2) is 0 Å². The second-order valence-corrected chi connectivity index (χ2v) is 25.6.